The minimum Gasteiger partial charge on any atom is -0.348 e. The Morgan fingerprint density at radius 1 is 1.67 bits per heavy atom. The molecule has 1 aliphatic rings. The van der Waals surface area contributed by atoms with Gasteiger partial charge in [-0.15, -0.1) is 0 Å². The van der Waals surface area contributed by atoms with Crippen LogP contribution in [0.4, 0.5) is 5.82 Å². The van der Waals surface area contributed by atoms with Crippen LogP contribution in [0, 0.1) is 0 Å². The number of nitrogens with one attached hydrogen (secondary N) is 2. The number of hydrogen-bond donors (Lipinski definition) is 2. The number of fused-ring (bicyclic) bond motifs is 1. The summed E-state index contributed by atoms with van der Waals surface area (Å²) in [5.74, 6) is 0.799. The number of anilines is 1. The maximum atomic E-state index is 10.4. The molecule has 0 amide bonds. The van der Waals surface area contributed by atoms with Crippen molar-refractivity contribution in [3.05, 3.63) is 23.9 Å². The van der Waals surface area contributed by atoms with Crippen LogP contribution in [0.1, 0.15) is 5.56 Å². The number of carbonyl (C=O) groups excluding carboxylic acids is 1. The summed E-state index contributed by atoms with van der Waals surface area (Å²) < 4.78 is 0. The number of hydrogen-bond acceptors (Lipinski definition) is 4. The standard InChI is InChI=1S/C8H9N3O/c12-5-7-10-4-6-2-1-3-9-8(6)11-7/h1-3,5,7,10H,4H2,(H,9,11). The van der Waals surface area contributed by atoms with E-state index in [1.54, 1.807) is 6.20 Å². The number of carbonyl (C=O) groups is 1. The normalized spacial score (nSPS) is 20.8. The van der Waals surface area contributed by atoms with Gasteiger partial charge in [-0.05, 0) is 6.07 Å². The van der Waals surface area contributed by atoms with Crippen molar-refractivity contribution in [1.82, 2.24) is 10.3 Å². The van der Waals surface area contributed by atoms with Crippen LogP contribution in [0.5, 0.6) is 0 Å². The van der Waals surface area contributed by atoms with E-state index in [1.807, 2.05) is 12.1 Å². The highest BCUT2D eigenvalue weighted by Crippen LogP contribution is 2.14. The molecule has 4 heteroatoms. The highest BCUT2D eigenvalue weighted by molar-refractivity contribution is 5.65. The van der Waals surface area contributed by atoms with E-state index in [1.165, 1.54) is 0 Å². The second-order valence-corrected chi connectivity index (χ2v) is 2.65. The van der Waals surface area contributed by atoms with Crippen molar-refractivity contribution in [3.8, 4) is 0 Å². The number of aldehydes is 1. The third-order valence-corrected chi connectivity index (χ3v) is 1.83. The Balaban J connectivity index is 2.28. The molecule has 0 spiro atoms. The molecule has 1 atom stereocenters. The van der Waals surface area contributed by atoms with Gasteiger partial charge in [-0.2, -0.15) is 0 Å². The molecule has 1 aromatic heterocycles. The zero-order chi connectivity index (χ0) is 8.39. The van der Waals surface area contributed by atoms with E-state index in [-0.39, 0.29) is 6.17 Å². The minimum atomic E-state index is -0.299. The first kappa shape index (κ1) is 7.24. The largest absolute Gasteiger partial charge is 0.348 e. The third kappa shape index (κ3) is 1.16. The highest BCUT2D eigenvalue weighted by Gasteiger charge is 2.15. The summed E-state index contributed by atoms with van der Waals surface area (Å²) in [5.41, 5.74) is 1.09. The fraction of sp³-hybridized carbons (Fsp3) is 0.250. The smallest absolute Gasteiger partial charge is 0.157 e. The van der Waals surface area contributed by atoms with Gasteiger partial charge in [0.1, 0.15) is 12.0 Å². The SMILES string of the molecule is O=CC1NCc2cccnc2N1. The quantitative estimate of drug-likeness (QED) is 0.577. The highest BCUT2D eigenvalue weighted by atomic mass is 16.1. The van der Waals surface area contributed by atoms with Crippen molar-refractivity contribution in [2.24, 2.45) is 0 Å². The molecule has 1 aliphatic heterocycles. The van der Waals surface area contributed by atoms with Gasteiger partial charge >= 0.3 is 0 Å². The van der Waals surface area contributed by atoms with Gasteiger partial charge in [-0.1, -0.05) is 6.07 Å². The number of nitrogens with zero attached hydrogens (tertiary/aromatic N) is 1. The summed E-state index contributed by atoms with van der Waals surface area (Å²) in [5, 5.41) is 5.96. The van der Waals surface area contributed by atoms with Crippen molar-refractivity contribution >= 4 is 12.1 Å². The van der Waals surface area contributed by atoms with Gasteiger partial charge in [-0.25, -0.2) is 4.98 Å². The number of pyridine rings is 1. The summed E-state index contributed by atoms with van der Waals surface area (Å²) in [4.78, 5) is 14.5. The number of rotatable bonds is 1. The lowest BCUT2D eigenvalue weighted by Crippen LogP contribution is -2.41. The molecule has 1 unspecified atom stereocenters. The average Bonchev–Trinajstić information content (AvgIpc) is 2.17. The fourth-order valence-electron chi connectivity index (χ4n) is 1.21. The first-order valence-electron chi connectivity index (χ1n) is 3.79. The molecule has 2 rings (SSSR count). The molecule has 1 aromatic rings. The van der Waals surface area contributed by atoms with Crippen molar-refractivity contribution in [2.45, 2.75) is 12.7 Å². The molecule has 4 nitrogen and oxygen atoms in total. The molecule has 0 bridgehead atoms. The predicted molar refractivity (Wildman–Crippen MR) is 44.6 cm³/mol. The van der Waals surface area contributed by atoms with E-state index in [2.05, 4.69) is 15.6 Å². The fourth-order valence-corrected chi connectivity index (χ4v) is 1.21. The van der Waals surface area contributed by atoms with Gasteiger partial charge in [0.25, 0.3) is 0 Å². The number of aromatic nitrogens is 1. The van der Waals surface area contributed by atoms with Crippen LogP contribution in [-0.2, 0) is 11.3 Å². The van der Waals surface area contributed by atoms with Crippen molar-refractivity contribution < 1.29 is 4.79 Å². The Kier molecular flexibility index (Phi) is 1.75. The summed E-state index contributed by atoms with van der Waals surface area (Å²) in [6.45, 7) is 0.694. The van der Waals surface area contributed by atoms with E-state index in [0.717, 1.165) is 17.7 Å². The van der Waals surface area contributed by atoms with Gasteiger partial charge in [0.15, 0.2) is 6.29 Å². The summed E-state index contributed by atoms with van der Waals surface area (Å²) in [6.07, 6.45) is 2.24. The molecule has 0 aliphatic carbocycles. The zero-order valence-corrected chi connectivity index (χ0v) is 6.45. The monoisotopic (exact) mass is 163 g/mol. The van der Waals surface area contributed by atoms with Crippen LogP contribution in [0.15, 0.2) is 18.3 Å². The molecule has 0 radical (unpaired) electrons. The molecule has 0 aromatic carbocycles. The average molecular weight is 163 g/mol. The van der Waals surface area contributed by atoms with Crippen molar-refractivity contribution in [3.63, 3.8) is 0 Å². The zero-order valence-electron chi connectivity index (χ0n) is 6.45. The predicted octanol–water partition coefficient (Wildman–Crippen LogP) is 0.122. The minimum absolute atomic E-state index is 0.299. The molecular formula is C8H9N3O. The summed E-state index contributed by atoms with van der Waals surface area (Å²) in [6, 6.07) is 3.85. The third-order valence-electron chi connectivity index (χ3n) is 1.83. The Morgan fingerprint density at radius 2 is 2.58 bits per heavy atom. The molecule has 0 fully saturated rings. The Bertz CT molecular complexity index is 300. The van der Waals surface area contributed by atoms with Crippen molar-refractivity contribution in [2.75, 3.05) is 5.32 Å². The molecule has 0 saturated carbocycles. The molecule has 62 valence electrons. The Hall–Kier alpha value is -1.42. The Labute approximate surface area is 70.0 Å². The van der Waals surface area contributed by atoms with Gasteiger partial charge < -0.3 is 5.32 Å². The van der Waals surface area contributed by atoms with E-state index in [9.17, 15) is 4.79 Å². The lowest BCUT2D eigenvalue weighted by atomic mass is 10.2. The van der Waals surface area contributed by atoms with E-state index < -0.39 is 0 Å². The van der Waals surface area contributed by atoms with Crippen LogP contribution in [0.3, 0.4) is 0 Å². The molecule has 2 heterocycles. The van der Waals surface area contributed by atoms with Crippen LogP contribution in [0.2, 0.25) is 0 Å². The van der Waals surface area contributed by atoms with E-state index in [4.69, 9.17) is 0 Å². The van der Waals surface area contributed by atoms with Gasteiger partial charge in [-0.3, -0.25) is 10.1 Å². The first-order chi connectivity index (χ1) is 5.90. The molecule has 2 N–H and O–H groups in total. The first-order valence-corrected chi connectivity index (χ1v) is 3.79. The van der Waals surface area contributed by atoms with Crippen LogP contribution in [-0.4, -0.2) is 17.4 Å². The van der Waals surface area contributed by atoms with Crippen LogP contribution in [0.25, 0.3) is 0 Å². The van der Waals surface area contributed by atoms with Crippen LogP contribution < -0.4 is 10.6 Å². The lowest BCUT2D eigenvalue weighted by Gasteiger charge is -2.22. The molecule has 12 heavy (non-hydrogen) atoms. The lowest BCUT2D eigenvalue weighted by molar-refractivity contribution is -0.109. The molecule has 0 saturated heterocycles. The maximum Gasteiger partial charge on any atom is 0.157 e. The van der Waals surface area contributed by atoms with E-state index >= 15 is 0 Å². The topological polar surface area (TPSA) is 54.0 Å². The van der Waals surface area contributed by atoms with Gasteiger partial charge in [0.05, 0.1) is 0 Å². The van der Waals surface area contributed by atoms with Crippen molar-refractivity contribution in [1.29, 1.82) is 0 Å². The van der Waals surface area contributed by atoms with Gasteiger partial charge in [0, 0.05) is 18.3 Å². The maximum absolute atomic E-state index is 10.4. The van der Waals surface area contributed by atoms with E-state index in [0.29, 0.717) is 6.54 Å². The summed E-state index contributed by atoms with van der Waals surface area (Å²) >= 11 is 0. The Morgan fingerprint density at radius 3 is 3.42 bits per heavy atom. The summed E-state index contributed by atoms with van der Waals surface area (Å²) in [7, 11) is 0. The second-order valence-electron chi connectivity index (χ2n) is 2.65. The van der Waals surface area contributed by atoms with Crippen LogP contribution >= 0.6 is 0 Å². The second kappa shape index (κ2) is 2.91. The van der Waals surface area contributed by atoms with Gasteiger partial charge in [0.2, 0.25) is 0 Å². The molecular weight excluding hydrogens is 154 g/mol.